The zero-order chi connectivity index (χ0) is 14.5. The van der Waals surface area contributed by atoms with Gasteiger partial charge in [-0.15, -0.1) is 0 Å². The van der Waals surface area contributed by atoms with Crippen LogP contribution in [-0.4, -0.2) is 27.8 Å². The van der Waals surface area contributed by atoms with Crippen molar-refractivity contribution in [2.45, 2.75) is 12.6 Å². The molecule has 0 heterocycles. The van der Waals surface area contributed by atoms with Gasteiger partial charge in [0.05, 0.1) is 11.8 Å². The molecule has 4 nitrogen and oxygen atoms in total. The topological polar surface area (TPSA) is 58.2 Å². The van der Waals surface area contributed by atoms with Gasteiger partial charge in [0.25, 0.3) is 0 Å². The minimum atomic E-state index is -4.41. The first kappa shape index (κ1) is 15.8. The molecule has 2 N–H and O–H groups in total. The Hall–Kier alpha value is -1.28. The molecular weight excluding hydrogens is 281 g/mol. The van der Waals surface area contributed by atoms with Crippen molar-refractivity contribution in [1.29, 1.82) is 0 Å². The fourth-order valence-corrected chi connectivity index (χ4v) is 1.97. The van der Waals surface area contributed by atoms with Gasteiger partial charge in [0.1, 0.15) is 0 Å². The number of sulfonamides is 1. The van der Waals surface area contributed by atoms with Crippen LogP contribution in [0.15, 0.2) is 24.3 Å². The van der Waals surface area contributed by atoms with Crippen LogP contribution in [0.4, 0.5) is 18.9 Å². The number of benzene rings is 1. The van der Waals surface area contributed by atoms with Gasteiger partial charge in [-0.2, -0.15) is 13.2 Å². The predicted molar refractivity (Wildman–Crippen MR) is 67.4 cm³/mol. The van der Waals surface area contributed by atoms with Gasteiger partial charge in [-0.1, -0.05) is 12.1 Å². The molecule has 8 heteroatoms. The molecule has 0 atom stereocenters. The molecule has 1 rings (SSSR count). The van der Waals surface area contributed by atoms with E-state index in [4.69, 9.17) is 0 Å². The molecule has 0 spiro atoms. The van der Waals surface area contributed by atoms with Crippen LogP contribution in [0.5, 0.6) is 0 Å². The van der Waals surface area contributed by atoms with E-state index < -0.39 is 21.8 Å². The summed E-state index contributed by atoms with van der Waals surface area (Å²) in [6.07, 6.45) is -2.99. The fourth-order valence-electron chi connectivity index (χ4n) is 1.45. The first-order chi connectivity index (χ1) is 8.70. The monoisotopic (exact) mass is 296 g/mol. The van der Waals surface area contributed by atoms with Crippen LogP contribution in [0, 0.1) is 0 Å². The standard InChI is InChI=1S/C11H15F3N2O2S/c1-19(17,18)16-8-4-7-15-10-6-3-2-5-9(10)11(12,13)14/h2-3,5-6,15-16H,4,7-8H2,1H3. The molecule has 1 aromatic rings. The Balaban J connectivity index is 2.50. The highest BCUT2D eigenvalue weighted by Gasteiger charge is 2.32. The average Bonchev–Trinajstić information content (AvgIpc) is 2.26. The average molecular weight is 296 g/mol. The van der Waals surface area contributed by atoms with Gasteiger partial charge in [0.15, 0.2) is 0 Å². The highest BCUT2D eigenvalue weighted by Crippen LogP contribution is 2.34. The van der Waals surface area contributed by atoms with Crippen LogP contribution in [-0.2, 0) is 16.2 Å². The normalized spacial score (nSPS) is 12.4. The molecule has 1 aromatic carbocycles. The lowest BCUT2D eigenvalue weighted by Crippen LogP contribution is -2.24. The summed E-state index contributed by atoms with van der Waals surface area (Å²) >= 11 is 0. The molecule has 0 aromatic heterocycles. The molecule has 0 fully saturated rings. The van der Waals surface area contributed by atoms with Crippen molar-refractivity contribution in [3.63, 3.8) is 0 Å². The first-order valence-electron chi connectivity index (χ1n) is 5.55. The third-order valence-corrected chi connectivity index (χ3v) is 2.99. The highest BCUT2D eigenvalue weighted by molar-refractivity contribution is 7.88. The molecule has 19 heavy (non-hydrogen) atoms. The van der Waals surface area contributed by atoms with Gasteiger partial charge in [0.2, 0.25) is 10.0 Å². The first-order valence-corrected chi connectivity index (χ1v) is 7.44. The number of hydrogen-bond acceptors (Lipinski definition) is 3. The second kappa shape index (κ2) is 6.25. The Kier molecular flexibility index (Phi) is 5.19. The Labute approximate surface area is 110 Å². The zero-order valence-electron chi connectivity index (χ0n) is 10.3. The molecule has 0 amide bonds. The van der Waals surface area contributed by atoms with Gasteiger partial charge in [-0.25, -0.2) is 13.1 Å². The van der Waals surface area contributed by atoms with Crippen LogP contribution < -0.4 is 10.0 Å². The second-order valence-corrected chi connectivity index (χ2v) is 5.82. The maximum absolute atomic E-state index is 12.6. The van der Waals surface area contributed by atoms with Crippen LogP contribution in [0.2, 0.25) is 0 Å². The summed E-state index contributed by atoms with van der Waals surface area (Å²) in [4.78, 5) is 0. The predicted octanol–water partition coefficient (Wildman–Crippen LogP) is 2.06. The van der Waals surface area contributed by atoms with E-state index >= 15 is 0 Å². The third-order valence-electron chi connectivity index (χ3n) is 2.27. The van der Waals surface area contributed by atoms with Crippen molar-refractivity contribution in [2.75, 3.05) is 24.7 Å². The zero-order valence-corrected chi connectivity index (χ0v) is 11.1. The molecule has 0 aliphatic heterocycles. The van der Waals surface area contributed by atoms with E-state index in [9.17, 15) is 21.6 Å². The van der Waals surface area contributed by atoms with Crippen molar-refractivity contribution in [3.8, 4) is 0 Å². The third kappa shape index (κ3) is 5.93. The van der Waals surface area contributed by atoms with Crippen LogP contribution in [0.3, 0.4) is 0 Å². The van der Waals surface area contributed by atoms with Crippen molar-refractivity contribution in [3.05, 3.63) is 29.8 Å². The van der Waals surface area contributed by atoms with E-state index in [-0.39, 0.29) is 18.8 Å². The number of para-hydroxylation sites is 1. The molecule has 0 saturated heterocycles. The summed E-state index contributed by atoms with van der Waals surface area (Å²) in [6.45, 7) is 0.426. The lowest BCUT2D eigenvalue weighted by Gasteiger charge is -2.14. The van der Waals surface area contributed by atoms with Gasteiger partial charge in [-0.3, -0.25) is 0 Å². The van der Waals surface area contributed by atoms with Crippen LogP contribution in [0.25, 0.3) is 0 Å². The smallest absolute Gasteiger partial charge is 0.385 e. The van der Waals surface area contributed by atoms with E-state index in [1.54, 1.807) is 0 Å². The summed E-state index contributed by atoms with van der Waals surface area (Å²) in [5, 5.41) is 2.65. The molecule has 0 aliphatic carbocycles. The highest BCUT2D eigenvalue weighted by atomic mass is 32.2. The van der Waals surface area contributed by atoms with E-state index in [1.807, 2.05) is 0 Å². The molecule has 0 unspecified atom stereocenters. The number of halogens is 3. The number of hydrogen-bond donors (Lipinski definition) is 2. The van der Waals surface area contributed by atoms with E-state index in [2.05, 4.69) is 10.0 Å². The summed E-state index contributed by atoms with van der Waals surface area (Å²) in [6, 6.07) is 5.16. The number of anilines is 1. The molecule has 0 aliphatic rings. The molecule has 0 radical (unpaired) electrons. The SMILES string of the molecule is CS(=O)(=O)NCCCNc1ccccc1C(F)(F)F. The van der Waals surface area contributed by atoms with Crippen LogP contribution >= 0.6 is 0 Å². The van der Waals surface area contributed by atoms with E-state index in [0.717, 1.165) is 12.3 Å². The van der Waals surface area contributed by atoms with Crippen molar-refractivity contribution in [1.82, 2.24) is 4.72 Å². The van der Waals surface area contributed by atoms with Crippen molar-refractivity contribution < 1.29 is 21.6 Å². The van der Waals surface area contributed by atoms with E-state index in [0.29, 0.717) is 6.42 Å². The van der Waals surface area contributed by atoms with Gasteiger partial charge in [-0.05, 0) is 18.6 Å². The Morgan fingerprint density at radius 2 is 1.79 bits per heavy atom. The lowest BCUT2D eigenvalue weighted by atomic mass is 10.1. The quantitative estimate of drug-likeness (QED) is 0.790. The molecule has 0 saturated carbocycles. The Morgan fingerprint density at radius 3 is 2.37 bits per heavy atom. The molecular formula is C11H15F3N2O2S. The Bertz CT molecular complexity index is 515. The molecule has 108 valence electrons. The maximum atomic E-state index is 12.6. The summed E-state index contributed by atoms with van der Waals surface area (Å²) in [7, 11) is -3.26. The summed E-state index contributed by atoms with van der Waals surface area (Å²) < 4.78 is 61.7. The lowest BCUT2D eigenvalue weighted by molar-refractivity contribution is -0.136. The molecule has 0 bridgehead atoms. The van der Waals surface area contributed by atoms with E-state index in [1.165, 1.54) is 18.2 Å². The van der Waals surface area contributed by atoms with Crippen LogP contribution in [0.1, 0.15) is 12.0 Å². The number of rotatable bonds is 6. The van der Waals surface area contributed by atoms with Gasteiger partial charge < -0.3 is 5.32 Å². The minimum Gasteiger partial charge on any atom is -0.385 e. The van der Waals surface area contributed by atoms with Gasteiger partial charge >= 0.3 is 6.18 Å². The number of nitrogens with one attached hydrogen (secondary N) is 2. The fraction of sp³-hybridized carbons (Fsp3) is 0.455. The minimum absolute atomic E-state index is 0.00523. The Morgan fingerprint density at radius 1 is 1.16 bits per heavy atom. The van der Waals surface area contributed by atoms with Crippen molar-refractivity contribution in [2.24, 2.45) is 0 Å². The number of alkyl halides is 3. The van der Waals surface area contributed by atoms with Crippen molar-refractivity contribution >= 4 is 15.7 Å². The second-order valence-electron chi connectivity index (χ2n) is 3.99. The van der Waals surface area contributed by atoms with Gasteiger partial charge in [0, 0.05) is 18.8 Å². The summed E-state index contributed by atoms with van der Waals surface area (Å²) in [5.74, 6) is 0. The summed E-state index contributed by atoms with van der Waals surface area (Å²) in [5.41, 5.74) is -0.736. The largest absolute Gasteiger partial charge is 0.418 e. The maximum Gasteiger partial charge on any atom is 0.418 e.